The second-order valence-electron chi connectivity index (χ2n) is 6.70. The lowest BCUT2D eigenvalue weighted by atomic mass is 9.98. The van der Waals surface area contributed by atoms with Gasteiger partial charge in [0, 0.05) is 12.6 Å². The van der Waals surface area contributed by atoms with Crippen LogP contribution >= 0.6 is 0 Å². The molecule has 2 aliphatic heterocycles. The molecule has 5 nitrogen and oxygen atoms in total. The highest BCUT2D eigenvalue weighted by Crippen LogP contribution is 2.25. The van der Waals surface area contributed by atoms with Crippen LogP contribution in [0.5, 0.6) is 0 Å². The molecule has 0 radical (unpaired) electrons. The zero-order valence-corrected chi connectivity index (χ0v) is 13.1. The Morgan fingerprint density at radius 1 is 1.29 bits per heavy atom. The minimum atomic E-state index is -0.522. The van der Waals surface area contributed by atoms with Crippen LogP contribution in [0, 0.1) is 0 Å². The lowest BCUT2D eigenvalue weighted by Gasteiger charge is -2.36. The maximum Gasteiger partial charge on any atom is 0.410 e. The first-order valence-electron chi connectivity index (χ1n) is 7.75. The van der Waals surface area contributed by atoms with Crippen LogP contribution in [-0.4, -0.2) is 41.3 Å². The number of likely N-dealkylation sites (tertiary alicyclic amines) is 1. The van der Waals surface area contributed by atoms with E-state index in [2.05, 4.69) is 0 Å². The minimum Gasteiger partial charge on any atom is -0.453 e. The zero-order chi connectivity index (χ0) is 15.5. The Kier molecular flexibility index (Phi) is 4.91. The molecule has 0 saturated carbocycles. The van der Waals surface area contributed by atoms with Gasteiger partial charge in [-0.2, -0.15) is 0 Å². The van der Waals surface area contributed by atoms with Gasteiger partial charge >= 0.3 is 12.1 Å². The third-order valence-corrected chi connectivity index (χ3v) is 3.73. The van der Waals surface area contributed by atoms with Gasteiger partial charge in [-0.1, -0.05) is 19.3 Å². The Bertz CT molecular complexity index is 424. The highest BCUT2D eigenvalue weighted by atomic mass is 16.6. The maximum atomic E-state index is 12.5. The first-order valence-corrected chi connectivity index (χ1v) is 7.75. The molecule has 2 aliphatic rings. The molecule has 0 aliphatic carbocycles. The number of ether oxygens (including phenoxy) is 2. The number of carbonyl (C=O) groups is 2. The number of hydrogen-bond donors (Lipinski definition) is 0. The van der Waals surface area contributed by atoms with Crippen LogP contribution in [-0.2, 0) is 14.3 Å². The van der Waals surface area contributed by atoms with Crippen molar-refractivity contribution >= 4 is 12.1 Å². The third kappa shape index (κ3) is 4.48. The molecule has 0 N–H and O–H groups in total. The van der Waals surface area contributed by atoms with Crippen LogP contribution in [0.25, 0.3) is 0 Å². The molecule has 5 heteroatoms. The average molecular weight is 295 g/mol. The Balaban J connectivity index is 2.12. The van der Waals surface area contributed by atoms with Gasteiger partial charge in [-0.15, -0.1) is 0 Å². The normalized spacial score (nSPS) is 27.0. The van der Waals surface area contributed by atoms with Gasteiger partial charge in [0.15, 0.2) is 0 Å². The van der Waals surface area contributed by atoms with Gasteiger partial charge in [0.2, 0.25) is 0 Å². The highest BCUT2D eigenvalue weighted by molar-refractivity contribution is 5.84. The smallest absolute Gasteiger partial charge is 0.410 e. The lowest BCUT2D eigenvalue weighted by Crippen LogP contribution is -2.49. The lowest BCUT2D eigenvalue weighted by molar-refractivity contribution is -0.141. The summed E-state index contributed by atoms with van der Waals surface area (Å²) in [5.74, 6) is -0.328. The number of nitrogens with zero attached hydrogens (tertiary/aromatic N) is 1. The predicted octanol–water partition coefficient (Wildman–Crippen LogP) is 3.04. The van der Waals surface area contributed by atoms with Crippen molar-refractivity contribution in [2.45, 2.75) is 70.6 Å². The topological polar surface area (TPSA) is 55.8 Å². The Hall–Kier alpha value is -1.52. The number of carbonyl (C=O) groups excluding carboxylic acids is 2. The average Bonchev–Trinajstić information content (AvgIpc) is 2.72. The fourth-order valence-electron chi connectivity index (χ4n) is 2.79. The van der Waals surface area contributed by atoms with Crippen LogP contribution in [0.3, 0.4) is 0 Å². The van der Waals surface area contributed by atoms with Crippen molar-refractivity contribution in [2.24, 2.45) is 0 Å². The largest absolute Gasteiger partial charge is 0.453 e. The monoisotopic (exact) mass is 295 g/mol. The molecule has 1 fully saturated rings. The molecule has 0 bridgehead atoms. The quantitative estimate of drug-likeness (QED) is 0.698. The number of hydrogen-bond acceptors (Lipinski definition) is 4. The van der Waals surface area contributed by atoms with E-state index in [0.717, 1.165) is 32.1 Å². The third-order valence-electron chi connectivity index (χ3n) is 3.73. The minimum absolute atomic E-state index is 0.122. The molecule has 0 unspecified atom stereocenters. The van der Waals surface area contributed by atoms with Crippen molar-refractivity contribution in [3.63, 3.8) is 0 Å². The van der Waals surface area contributed by atoms with E-state index in [-0.39, 0.29) is 24.2 Å². The Morgan fingerprint density at radius 2 is 2.00 bits per heavy atom. The van der Waals surface area contributed by atoms with Crippen LogP contribution in [0.2, 0.25) is 0 Å². The van der Waals surface area contributed by atoms with Crippen LogP contribution in [0.4, 0.5) is 4.79 Å². The molecule has 2 atom stereocenters. The fraction of sp³-hybridized carbons (Fsp3) is 0.750. The number of rotatable bonds is 1. The van der Waals surface area contributed by atoms with Gasteiger partial charge in [0.05, 0.1) is 6.04 Å². The summed E-state index contributed by atoms with van der Waals surface area (Å²) in [5.41, 5.74) is -0.522. The van der Waals surface area contributed by atoms with Gasteiger partial charge in [0.1, 0.15) is 11.7 Å². The van der Waals surface area contributed by atoms with Gasteiger partial charge in [-0.05, 0) is 39.7 Å². The summed E-state index contributed by atoms with van der Waals surface area (Å²) in [6, 6.07) is -0.122. The summed E-state index contributed by atoms with van der Waals surface area (Å²) in [6.07, 6.45) is 7.64. The summed E-state index contributed by atoms with van der Waals surface area (Å²) < 4.78 is 10.8. The summed E-state index contributed by atoms with van der Waals surface area (Å²) >= 11 is 0. The first kappa shape index (κ1) is 15.9. The molecule has 0 aromatic carbocycles. The van der Waals surface area contributed by atoms with Crippen molar-refractivity contribution in [2.75, 3.05) is 6.54 Å². The van der Waals surface area contributed by atoms with Crippen molar-refractivity contribution in [1.29, 1.82) is 0 Å². The van der Waals surface area contributed by atoms with Gasteiger partial charge in [0.25, 0.3) is 0 Å². The van der Waals surface area contributed by atoms with Crippen molar-refractivity contribution < 1.29 is 19.1 Å². The molecular weight excluding hydrogens is 270 g/mol. The van der Waals surface area contributed by atoms with Crippen molar-refractivity contribution in [3.05, 3.63) is 12.2 Å². The molecule has 1 amide bonds. The summed E-state index contributed by atoms with van der Waals surface area (Å²) in [5, 5.41) is 0. The van der Waals surface area contributed by atoms with Crippen molar-refractivity contribution in [1.82, 2.24) is 4.90 Å². The van der Waals surface area contributed by atoms with E-state index in [1.54, 1.807) is 11.0 Å². The molecule has 1 saturated heterocycles. The Morgan fingerprint density at radius 3 is 2.62 bits per heavy atom. The maximum absolute atomic E-state index is 12.5. The molecule has 2 heterocycles. The second kappa shape index (κ2) is 6.50. The molecular formula is C16H25NO4. The first-order chi connectivity index (χ1) is 9.87. The number of esters is 1. The summed E-state index contributed by atoms with van der Waals surface area (Å²) in [7, 11) is 0. The standard InChI is InChI=1S/C16H25NO4/c1-16(2,3)21-15(19)17-11-7-5-4-6-8-12(17)13-9-10-14(18)20-13/h9-10,12-13H,4-8,11H2,1-3H3/t12-,13+/m1/s1. The van der Waals surface area contributed by atoms with E-state index in [0.29, 0.717) is 6.54 Å². The summed E-state index contributed by atoms with van der Waals surface area (Å²) in [4.78, 5) is 25.5. The number of cyclic esters (lactones) is 1. The van der Waals surface area contributed by atoms with E-state index >= 15 is 0 Å². The van der Waals surface area contributed by atoms with E-state index in [4.69, 9.17) is 9.47 Å². The second-order valence-corrected chi connectivity index (χ2v) is 6.70. The van der Waals surface area contributed by atoms with E-state index in [9.17, 15) is 9.59 Å². The SMILES string of the molecule is CC(C)(C)OC(=O)N1CCCCCC[C@@H]1[C@@H]1C=CC(=O)O1. The Labute approximate surface area is 126 Å². The number of amides is 1. The summed E-state index contributed by atoms with van der Waals surface area (Å²) in [6.45, 7) is 6.24. The zero-order valence-electron chi connectivity index (χ0n) is 13.1. The predicted molar refractivity (Wildman–Crippen MR) is 78.8 cm³/mol. The van der Waals surface area contributed by atoms with Crippen LogP contribution < -0.4 is 0 Å². The van der Waals surface area contributed by atoms with Gasteiger partial charge in [-0.25, -0.2) is 9.59 Å². The van der Waals surface area contributed by atoms with Gasteiger partial charge in [-0.3, -0.25) is 0 Å². The van der Waals surface area contributed by atoms with Crippen LogP contribution in [0.1, 0.15) is 52.9 Å². The molecule has 21 heavy (non-hydrogen) atoms. The van der Waals surface area contributed by atoms with E-state index in [1.165, 1.54) is 6.08 Å². The molecule has 2 rings (SSSR count). The molecule has 0 aromatic rings. The van der Waals surface area contributed by atoms with Crippen molar-refractivity contribution in [3.8, 4) is 0 Å². The van der Waals surface area contributed by atoms with E-state index < -0.39 is 5.60 Å². The van der Waals surface area contributed by atoms with Crippen LogP contribution in [0.15, 0.2) is 12.2 Å². The fourth-order valence-corrected chi connectivity index (χ4v) is 2.79. The molecule has 118 valence electrons. The van der Waals surface area contributed by atoms with Gasteiger partial charge < -0.3 is 14.4 Å². The highest BCUT2D eigenvalue weighted by Gasteiger charge is 2.36. The van der Waals surface area contributed by atoms with E-state index in [1.807, 2.05) is 20.8 Å². The molecule has 0 spiro atoms. The molecule has 0 aromatic heterocycles.